The van der Waals surface area contributed by atoms with Crippen molar-refractivity contribution < 1.29 is 9.26 Å². The van der Waals surface area contributed by atoms with Gasteiger partial charge in [-0.25, -0.2) is 4.99 Å². The van der Waals surface area contributed by atoms with Crippen molar-refractivity contribution in [2.24, 2.45) is 4.99 Å². The first kappa shape index (κ1) is 24.1. The molecule has 0 amide bonds. The van der Waals surface area contributed by atoms with E-state index in [4.69, 9.17) is 25.9 Å². The molecule has 2 aliphatic heterocycles. The number of aryl methyl sites for hydroxylation is 1. The fourth-order valence-electron chi connectivity index (χ4n) is 5.07. The quantitative estimate of drug-likeness (QED) is 0.528. The molecule has 1 aliphatic carbocycles. The normalized spacial score (nSPS) is 18.1. The van der Waals surface area contributed by atoms with Gasteiger partial charge in [-0.2, -0.15) is 4.98 Å². The lowest BCUT2D eigenvalue weighted by molar-refractivity contribution is 0.0802. The Morgan fingerprint density at radius 2 is 1.95 bits per heavy atom. The van der Waals surface area contributed by atoms with Gasteiger partial charge in [0.25, 0.3) is 5.56 Å². The van der Waals surface area contributed by atoms with Gasteiger partial charge in [0, 0.05) is 59.2 Å². The summed E-state index contributed by atoms with van der Waals surface area (Å²) in [6, 6.07) is 7.96. The number of allylic oxidation sites excluding steroid dienone is 1. The predicted molar refractivity (Wildman–Crippen MR) is 142 cm³/mol. The van der Waals surface area contributed by atoms with E-state index in [1.807, 2.05) is 22.8 Å². The fraction of sp³-hybridized carbons (Fsp3) is 0.429. The zero-order chi connectivity index (χ0) is 25.5. The molecular formula is C28H30ClN5O3. The maximum Gasteiger partial charge on any atom is 0.260 e. The van der Waals surface area contributed by atoms with Gasteiger partial charge >= 0.3 is 0 Å². The monoisotopic (exact) mass is 519 g/mol. The van der Waals surface area contributed by atoms with Crippen molar-refractivity contribution in [3.8, 4) is 22.5 Å². The van der Waals surface area contributed by atoms with E-state index in [-0.39, 0.29) is 11.6 Å². The van der Waals surface area contributed by atoms with Gasteiger partial charge in [0.2, 0.25) is 11.7 Å². The number of aromatic nitrogens is 3. The van der Waals surface area contributed by atoms with E-state index in [1.54, 1.807) is 13.0 Å². The Labute approximate surface area is 219 Å². The number of hydrogen-bond acceptors (Lipinski definition) is 7. The summed E-state index contributed by atoms with van der Waals surface area (Å²) in [4.78, 5) is 23.3. The average molecular weight is 520 g/mol. The van der Waals surface area contributed by atoms with Gasteiger partial charge in [-0.3, -0.25) is 9.36 Å². The highest BCUT2D eigenvalue weighted by molar-refractivity contribution is 6.33. The van der Waals surface area contributed by atoms with Crippen LogP contribution in [-0.4, -0.2) is 34.0 Å². The molecule has 37 heavy (non-hydrogen) atoms. The van der Waals surface area contributed by atoms with Crippen molar-refractivity contribution in [1.82, 2.24) is 20.0 Å². The maximum atomic E-state index is 13.9. The Balaban J connectivity index is 1.46. The van der Waals surface area contributed by atoms with E-state index in [0.717, 1.165) is 73.8 Å². The number of rotatable bonds is 6. The van der Waals surface area contributed by atoms with Gasteiger partial charge in [0.1, 0.15) is 11.3 Å². The standard InChI is InChI=1S/C28H30ClN5O3/c1-3-17-4-5-19-14-23(22-9-6-18(15-24(22)29)26-30-16(2)37-33-26)28(35)34(21-7-8-21)27(19)32-25(17)31-20-10-12-36-13-11-20/h5-6,9,14-15,20-21,31H,3-4,7-8,10-13H2,1-2H3. The van der Waals surface area contributed by atoms with Crippen LogP contribution in [-0.2, 0) is 4.74 Å². The highest BCUT2D eigenvalue weighted by Crippen LogP contribution is 2.34. The molecule has 0 radical (unpaired) electrons. The van der Waals surface area contributed by atoms with Gasteiger partial charge in [0.15, 0.2) is 0 Å². The summed E-state index contributed by atoms with van der Waals surface area (Å²) in [7, 11) is 0. The van der Waals surface area contributed by atoms with Crippen LogP contribution in [0.25, 0.3) is 28.6 Å². The minimum atomic E-state index is -0.0613. The van der Waals surface area contributed by atoms with Gasteiger partial charge < -0.3 is 14.6 Å². The molecule has 192 valence electrons. The third-order valence-electron chi connectivity index (χ3n) is 7.30. The van der Waals surface area contributed by atoms with Crippen molar-refractivity contribution in [3.63, 3.8) is 0 Å². The van der Waals surface area contributed by atoms with Crippen LogP contribution < -0.4 is 21.6 Å². The summed E-state index contributed by atoms with van der Waals surface area (Å²) < 4.78 is 12.5. The van der Waals surface area contributed by atoms with Crippen molar-refractivity contribution in [2.75, 3.05) is 13.2 Å². The molecule has 3 aromatic rings. The van der Waals surface area contributed by atoms with Crippen LogP contribution in [0, 0.1) is 6.92 Å². The Kier molecular flexibility index (Phi) is 6.46. The highest BCUT2D eigenvalue weighted by Gasteiger charge is 2.29. The van der Waals surface area contributed by atoms with Gasteiger partial charge in [0.05, 0.1) is 0 Å². The lowest BCUT2D eigenvalue weighted by Gasteiger charge is -2.25. The Morgan fingerprint density at radius 3 is 2.62 bits per heavy atom. The number of ether oxygens (including phenoxy) is 1. The number of fused-ring (bicyclic) bond motifs is 1. The van der Waals surface area contributed by atoms with Crippen LogP contribution in [0.3, 0.4) is 0 Å². The van der Waals surface area contributed by atoms with Gasteiger partial charge in [-0.1, -0.05) is 41.9 Å². The molecule has 0 spiro atoms. The Hall–Kier alpha value is -3.23. The van der Waals surface area contributed by atoms with Crippen LogP contribution in [0.15, 0.2) is 50.0 Å². The molecule has 6 rings (SSSR count). The average Bonchev–Trinajstić information content (AvgIpc) is 3.67. The lowest BCUT2D eigenvalue weighted by atomic mass is 10.0. The second-order valence-corrected chi connectivity index (χ2v) is 10.3. The molecule has 3 aliphatic rings. The zero-order valence-corrected chi connectivity index (χ0v) is 21.8. The molecular weight excluding hydrogens is 490 g/mol. The van der Waals surface area contributed by atoms with E-state index in [1.165, 1.54) is 5.57 Å². The molecule has 1 saturated heterocycles. The molecule has 9 heteroatoms. The SMILES string of the molecule is CCC1=C(NC2CCOCC2)N=c2c(cc(-c3ccc(-c4noc(C)n4)cc3Cl)c(=O)n2C2CC2)=CC1. The summed E-state index contributed by atoms with van der Waals surface area (Å²) in [6.45, 7) is 5.42. The van der Waals surface area contributed by atoms with Crippen LogP contribution in [0.5, 0.6) is 0 Å². The van der Waals surface area contributed by atoms with E-state index in [0.29, 0.717) is 33.9 Å². The van der Waals surface area contributed by atoms with E-state index < -0.39 is 0 Å². The number of nitrogens with zero attached hydrogens (tertiary/aromatic N) is 4. The number of halogens is 1. The molecule has 2 fully saturated rings. The van der Waals surface area contributed by atoms with Crippen molar-refractivity contribution in [3.05, 3.63) is 67.6 Å². The Bertz CT molecular complexity index is 1560. The minimum absolute atomic E-state index is 0.0613. The molecule has 4 heterocycles. The second kappa shape index (κ2) is 9.91. The molecule has 0 atom stereocenters. The summed E-state index contributed by atoms with van der Waals surface area (Å²) in [6.07, 6.45) is 7.73. The number of hydrogen-bond donors (Lipinski definition) is 1. The van der Waals surface area contributed by atoms with Crippen LogP contribution in [0.1, 0.15) is 57.4 Å². The summed E-state index contributed by atoms with van der Waals surface area (Å²) >= 11 is 6.74. The van der Waals surface area contributed by atoms with Gasteiger partial charge in [-0.05, 0) is 56.2 Å². The summed E-state index contributed by atoms with van der Waals surface area (Å²) in [5.74, 6) is 1.86. The first-order chi connectivity index (χ1) is 18.0. The topological polar surface area (TPSA) is 94.5 Å². The maximum absolute atomic E-state index is 13.9. The second-order valence-electron chi connectivity index (χ2n) is 9.93. The molecule has 0 bridgehead atoms. The highest BCUT2D eigenvalue weighted by atomic mass is 35.5. The summed E-state index contributed by atoms with van der Waals surface area (Å²) in [5, 5.41) is 9.10. The fourth-order valence-corrected chi connectivity index (χ4v) is 5.35. The van der Waals surface area contributed by atoms with E-state index >= 15 is 0 Å². The largest absolute Gasteiger partial charge is 0.381 e. The lowest BCUT2D eigenvalue weighted by Crippen LogP contribution is -2.44. The molecule has 1 N–H and O–H groups in total. The van der Waals surface area contributed by atoms with Crippen molar-refractivity contribution in [1.29, 1.82) is 0 Å². The molecule has 0 unspecified atom stereocenters. The van der Waals surface area contributed by atoms with Crippen molar-refractivity contribution >= 4 is 17.7 Å². The third kappa shape index (κ3) is 4.76. The zero-order valence-electron chi connectivity index (χ0n) is 21.1. The molecule has 1 saturated carbocycles. The van der Waals surface area contributed by atoms with Crippen molar-refractivity contribution in [2.45, 2.75) is 64.5 Å². The van der Waals surface area contributed by atoms with Crippen LogP contribution >= 0.6 is 11.6 Å². The first-order valence-electron chi connectivity index (χ1n) is 13.0. The van der Waals surface area contributed by atoms with Crippen LogP contribution in [0.4, 0.5) is 0 Å². The molecule has 8 nitrogen and oxygen atoms in total. The third-order valence-corrected chi connectivity index (χ3v) is 7.62. The van der Waals surface area contributed by atoms with Gasteiger partial charge in [-0.15, -0.1) is 0 Å². The number of benzene rings is 1. The van der Waals surface area contributed by atoms with E-state index in [2.05, 4.69) is 28.5 Å². The molecule has 2 aromatic heterocycles. The first-order valence-corrected chi connectivity index (χ1v) is 13.4. The van der Waals surface area contributed by atoms with Crippen LogP contribution in [0.2, 0.25) is 5.02 Å². The molecule has 1 aromatic carbocycles. The Morgan fingerprint density at radius 1 is 1.14 bits per heavy atom. The smallest absolute Gasteiger partial charge is 0.260 e. The van der Waals surface area contributed by atoms with E-state index in [9.17, 15) is 4.79 Å². The summed E-state index contributed by atoms with van der Waals surface area (Å²) in [5.41, 5.74) is 3.94. The number of nitrogens with one attached hydrogen (secondary N) is 1. The predicted octanol–water partition coefficient (Wildman–Crippen LogP) is 4.06. The number of pyridine rings is 1. The minimum Gasteiger partial charge on any atom is -0.381 e.